The standard InChI is InChI=1S/C18H26N2O/c1-13-11-16-12-15(7-8-18(16)20(13)14(2)21)9-10-19-17-5-3-4-6-17/h7-8,12-13,17,19H,3-6,9-11H2,1-2H3. The van der Waals surface area contributed by atoms with Crippen molar-refractivity contribution in [1.29, 1.82) is 0 Å². The molecule has 0 saturated heterocycles. The van der Waals surface area contributed by atoms with Crippen molar-refractivity contribution in [2.24, 2.45) is 0 Å². The summed E-state index contributed by atoms with van der Waals surface area (Å²) in [5.41, 5.74) is 3.83. The summed E-state index contributed by atoms with van der Waals surface area (Å²) >= 11 is 0. The summed E-state index contributed by atoms with van der Waals surface area (Å²) in [5, 5.41) is 3.67. The normalized spacial score (nSPS) is 21.8. The summed E-state index contributed by atoms with van der Waals surface area (Å²) in [6.45, 7) is 4.85. The Labute approximate surface area is 127 Å². The van der Waals surface area contributed by atoms with Crippen LogP contribution in [0.25, 0.3) is 0 Å². The Hall–Kier alpha value is -1.35. The largest absolute Gasteiger partial charge is 0.314 e. The third-order valence-corrected chi connectivity index (χ3v) is 4.90. The van der Waals surface area contributed by atoms with E-state index in [-0.39, 0.29) is 5.91 Å². The highest BCUT2D eigenvalue weighted by Crippen LogP contribution is 2.33. The van der Waals surface area contributed by atoms with Crippen LogP contribution in [-0.2, 0) is 17.6 Å². The van der Waals surface area contributed by atoms with Gasteiger partial charge in [-0.15, -0.1) is 0 Å². The van der Waals surface area contributed by atoms with Crippen molar-refractivity contribution < 1.29 is 4.79 Å². The molecule has 3 nitrogen and oxygen atoms in total. The highest BCUT2D eigenvalue weighted by molar-refractivity contribution is 5.94. The molecule has 1 heterocycles. The zero-order valence-electron chi connectivity index (χ0n) is 13.2. The third kappa shape index (κ3) is 3.13. The van der Waals surface area contributed by atoms with E-state index in [9.17, 15) is 4.79 Å². The van der Waals surface area contributed by atoms with Gasteiger partial charge in [0.05, 0.1) is 0 Å². The number of benzene rings is 1. The van der Waals surface area contributed by atoms with Crippen LogP contribution in [0.2, 0.25) is 0 Å². The summed E-state index contributed by atoms with van der Waals surface area (Å²) in [6.07, 6.45) is 7.52. The molecule has 0 spiro atoms. The van der Waals surface area contributed by atoms with E-state index in [2.05, 4.69) is 30.4 Å². The molecule has 3 rings (SSSR count). The first-order chi connectivity index (χ1) is 10.1. The number of carbonyl (C=O) groups excluding carboxylic acids is 1. The van der Waals surface area contributed by atoms with Crippen LogP contribution in [-0.4, -0.2) is 24.5 Å². The molecule has 21 heavy (non-hydrogen) atoms. The summed E-state index contributed by atoms with van der Waals surface area (Å²) < 4.78 is 0. The second-order valence-corrected chi connectivity index (χ2v) is 6.59. The second-order valence-electron chi connectivity index (χ2n) is 6.59. The van der Waals surface area contributed by atoms with Crippen LogP contribution >= 0.6 is 0 Å². The summed E-state index contributed by atoms with van der Waals surface area (Å²) in [7, 11) is 0. The van der Waals surface area contributed by atoms with Crippen LogP contribution in [0.3, 0.4) is 0 Å². The van der Waals surface area contributed by atoms with Crippen LogP contribution in [0, 0.1) is 0 Å². The highest BCUT2D eigenvalue weighted by Gasteiger charge is 2.28. The maximum absolute atomic E-state index is 11.7. The molecule has 0 bridgehead atoms. The molecule has 1 unspecified atom stereocenters. The molecule has 2 aliphatic rings. The van der Waals surface area contributed by atoms with Crippen molar-refractivity contribution >= 4 is 11.6 Å². The average molecular weight is 286 g/mol. The molecular formula is C18H26N2O. The Morgan fingerprint density at radius 2 is 2.10 bits per heavy atom. The van der Waals surface area contributed by atoms with Crippen molar-refractivity contribution in [1.82, 2.24) is 5.32 Å². The lowest BCUT2D eigenvalue weighted by Crippen LogP contribution is -2.33. The maximum Gasteiger partial charge on any atom is 0.224 e. The lowest BCUT2D eigenvalue weighted by atomic mass is 10.0. The number of nitrogens with zero attached hydrogens (tertiary/aromatic N) is 1. The number of hydrogen-bond donors (Lipinski definition) is 1. The molecule has 1 aliphatic heterocycles. The Balaban J connectivity index is 1.61. The summed E-state index contributed by atoms with van der Waals surface area (Å²) in [4.78, 5) is 13.7. The number of amides is 1. The van der Waals surface area contributed by atoms with E-state index in [1.54, 1.807) is 6.92 Å². The van der Waals surface area contributed by atoms with Gasteiger partial charge in [0.2, 0.25) is 5.91 Å². The molecule has 1 fully saturated rings. The van der Waals surface area contributed by atoms with E-state index < -0.39 is 0 Å². The lowest BCUT2D eigenvalue weighted by molar-refractivity contribution is -0.116. The molecule has 0 radical (unpaired) electrons. The molecule has 114 valence electrons. The van der Waals surface area contributed by atoms with Crippen molar-refractivity contribution in [3.05, 3.63) is 29.3 Å². The summed E-state index contributed by atoms with van der Waals surface area (Å²) in [5.74, 6) is 0.150. The van der Waals surface area contributed by atoms with Gasteiger partial charge in [0.1, 0.15) is 0 Å². The molecule has 1 aromatic rings. The number of hydrogen-bond acceptors (Lipinski definition) is 2. The molecule has 3 heteroatoms. The predicted octanol–water partition coefficient (Wildman–Crippen LogP) is 3.06. The van der Waals surface area contributed by atoms with Crippen LogP contribution in [0.5, 0.6) is 0 Å². The predicted molar refractivity (Wildman–Crippen MR) is 86.7 cm³/mol. The van der Waals surface area contributed by atoms with Gasteiger partial charge < -0.3 is 10.2 Å². The third-order valence-electron chi connectivity index (χ3n) is 4.90. The number of rotatable bonds is 4. The van der Waals surface area contributed by atoms with E-state index in [1.165, 1.54) is 36.8 Å². The monoisotopic (exact) mass is 286 g/mol. The van der Waals surface area contributed by atoms with Crippen LogP contribution in [0.15, 0.2) is 18.2 Å². The smallest absolute Gasteiger partial charge is 0.224 e. The minimum atomic E-state index is 0.150. The molecular weight excluding hydrogens is 260 g/mol. The molecule has 1 N–H and O–H groups in total. The van der Waals surface area contributed by atoms with Gasteiger partial charge in [0.25, 0.3) is 0 Å². The first-order valence-electron chi connectivity index (χ1n) is 8.30. The van der Waals surface area contributed by atoms with Gasteiger partial charge in [-0.2, -0.15) is 0 Å². The SMILES string of the molecule is CC(=O)N1c2ccc(CCNC3CCCC3)cc2CC1C. The van der Waals surface area contributed by atoms with Crippen LogP contribution in [0.4, 0.5) is 5.69 Å². The van der Waals surface area contributed by atoms with Crippen LogP contribution in [0.1, 0.15) is 50.7 Å². The number of carbonyl (C=O) groups is 1. The number of anilines is 1. The van der Waals surface area contributed by atoms with Crippen LogP contribution < -0.4 is 10.2 Å². The lowest BCUT2D eigenvalue weighted by Gasteiger charge is -2.20. The first-order valence-corrected chi connectivity index (χ1v) is 8.30. The Morgan fingerprint density at radius 3 is 2.81 bits per heavy atom. The van der Waals surface area contributed by atoms with E-state index in [0.29, 0.717) is 6.04 Å². The minimum absolute atomic E-state index is 0.150. The van der Waals surface area contributed by atoms with Crippen molar-refractivity contribution in [3.63, 3.8) is 0 Å². The number of fused-ring (bicyclic) bond motifs is 1. The fraction of sp³-hybridized carbons (Fsp3) is 0.611. The first kappa shape index (κ1) is 14.6. The Kier molecular flexibility index (Phi) is 4.29. The summed E-state index contributed by atoms with van der Waals surface area (Å²) in [6, 6.07) is 7.65. The minimum Gasteiger partial charge on any atom is -0.314 e. The van der Waals surface area contributed by atoms with E-state index in [4.69, 9.17) is 0 Å². The van der Waals surface area contributed by atoms with Gasteiger partial charge >= 0.3 is 0 Å². The van der Waals surface area contributed by atoms with Gasteiger partial charge in [0, 0.05) is 24.7 Å². The van der Waals surface area contributed by atoms with E-state index >= 15 is 0 Å². The quantitative estimate of drug-likeness (QED) is 0.922. The van der Waals surface area contributed by atoms with Gasteiger partial charge in [-0.3, -0.25) is 4.79 Å². The molecule has 1 aliphatic carbocycles. The van der Waals surface area contributed by atoms with Gasteiger partial charge in [0.15, 0.2) is 0 Å². The van der Waals surface area contributed by atoms with Crippen molar-refractivity contribution in [2.75, 3.05) is 11.4 Å². The topological polar surface area (TPSA) is 32.3 Å². The van der Waals surface area contributed by atoms with Gasteiger partial charge in [-0.05, 0) is 56.3 Å². The van der Waals surface area contributed by atoms with Gasteiger partial charge in [-0.1, -0.05) is 25.0 Å². The molecule has 1 aromatic carbocycles. The Morgan fingerprint density at radius 1 is 1.33 bits per heavy atom. The highest BCUT2D eigenvalue weighted by atomic mass is 16.2. The van der Waals surface area contributed by atoms with Gasteiger partial charge in [-0.25, -0.2) is 0 Å². The average Bonchev–Trinajstić information content (AvgIpc) is 3.04. The zero-order valence-corrected chi connectivity index (χ0v) is 13.2. The zero-order chi connectivity index (χ0) is 14.8. The van der Waals surface area contributed by atoms with Crippen molar-refractivity contribution in [2.45, 2.75) is 64.5 Å². The van der Waals surface area contributed by atoms with E-state index in [1.807, 2.05) is 4.90 Å². The second kappa shape index (κ2) is 6.18. The molecule has 1 amide bonds. The number of nitrogens with one attached hydrogen (secondary N) is 1. The maximum atomic E-state index is 11.7. The molecule has 1 atom stereocenters. The van der Waals surface area contributed by atoms with Crippen molar-refractivity contribution in [3.8, 4) is 0 Å². The molecule has 0 aromatic heterocycles. The fourth-order valence-corrected chi connectivity index (χ4v) is 3.87. The van der Waals surface area contributed by atoms with E-state index in [0.717, 1.165) is 31.1 Å². The Bertz CT molecular complexity index is 520. The fourth-order valence-electron chi connectivity index (χ4n) is 3.87. The molecule has 1 saturated carbocycles.